The fourth-order valence-electron chi connectivity index (χ4n) is 3.18. The molecule has 0 aliphatic heterocycles. The number of pyridine rings is 1. The molecule has 1 heterocycles. The molecule has 30 heavy (non-hydrogen) atoms. The molecule has 0 aliphatic rings. The van der Waals surface area contributed by atoms with E-state index in [2.05, 4.69) is 4.98 Å². The quantitative estimate of drug-likeness (QED) is 0.511. The van der Waals surface area contributed by atoms with Crippen molar-refractivity contribution in [3.8, 4) is 5.75 Å². The van der Waals surface area contributed by atoms with Gasteiger partial charge >= 0.3 is 0 Å². The van der Waals surface area contributed by atoms with Crippen LogP contribution < -0.4 is 13.9 Å². The lowest BCUT2D eigenvalue weighted by Crippen LogP contribution is -2.30. The fraction of sp³-hybridized carbons (Fsp3) is 0.261. The second-order valence-electron chi connectivity index (χ2n) is 6.79. The maximum absolute atomic E-state index is 13.1. The van der Waals surface area contributed by atoms with Gasteiger partial charge in [0.15, 0.2) is 0 Å². The molecule has 0 N–H and O–H groups in total. The molecule has 3 rings (SSSR count). The second-order valence-corrected chi connectivity index (χ2v) is 8.65. The third-order valence-corrected chi connectivity index (χ3v) is 6.57. The van der Waals surface area contributed by atoms with Crippen LogP contribution in [0.15, 0.2) is 77.8 Å². The molecule has 0 spiro atoms. The van der Waals surface area contributed by atoms with Crippen LogP contribution in [0.2, 0.25) is 0 Å². The first-order valence-corrected chi connectivity index (χ1v) is 11.4. The number of hydrogen-bond acceptors (Lipinski definition) is 5. The number of aromatic nitrogens is 1. The van der Waals surface area contributed by atoms with E-state index >= 15 is 0 Å². The molecule has 6 nitrogen and oxygen atoms in total. The highest BCUT2D eigenvalue weighted by Gasteiger charge is 2.24. The maximum atomic E-state index is 13.1. The van der Waals surface area contributed by atoms with Gasteiger partial charge in [0.1, 0.15) is 16.5 Å². The van der Waals surface area contributed by atoms with E-state index in [4.69, 9.17) is 4.74 Å². The van der Waals surface area contributed by atoms with Gasteiger partial charge in [0, 0.05) is 26.3 Å². The largest absolute Gasteiger partial charge is 0.494 e. The Kier molecular flexibility index (Phi) is 6.95. The van der Waals surface area contributed by atoms with Crippen molar-refractivity contribution in [3.05, 3.63) is 78.5 Å². The van der Waals surface area contributed by atoms with E-state index in [0.717, 1.165) is 11.3 Å². The summed E-state index contributed by atoms with van der Waals surface area (Å²) >= 11 is 0. The van der Waals surface area contributed by atoms with Crippen LogP contribution in [0.3, 0.4) is 0 Å². The Bertz CT molecular complexity index is 1040. The van der Waals surface area contributed by atoms with Gasteiger partial charge in [0.05, 0.1) is 12.3 Å². The standard InChI is InChI=1S/C23H27N3O3S/c1-4-26(20-9-7-6-8-10-20)30(27,28)22-15-16-23(24-17-22)25(3)18-19-11-13-21(14-12-19)29-5-2/h6-17H,4-5,18H2,1-3H3. The molecular formula is C23H27N3O3S. The van der Waals surface area contributed by atoms with Crippen molar-refractivity contribution < 1.29 is 13.2 Å². The Morgan fingerprint density at radius 1 is 0.933 bits per heavy atom. The van der Waals surface area contributed by atoms with E-state index in [9.17, 15) is 8.42 Å². The van der Waals surface area contributed by atoms with Gasteiger partial charge in [-0.2, -0.15) is 0 Å². The first-order valence-electron chi connectivity index (χ1n) is 9.92. The summed E-state index contributed by atoms with van der Waals surface area (Å²) in [6.07, 6.45) is 1.42. The van der Waals surface area contributed by atoms with Gasteiger partial charge in [-0.05, 0) is 55.8 Å². The van der Waals surface area contributed by atoms with Gasteiger partial charge in [-0.3, -0.25) is 4.31 Å². The smallest absolute Gasteiger partial charge is 0.265 e. The minimum atomic E-state index is -3.68. The van der Waals surface area contributed by atoms with Gasteiger partial charge in [-0.15, -0.1) is 0 Å². The molecule has 0 fully saturated rings. The van der Waals surface area contributed by atoms with Crippen molar-refractivity contribution in [1.82, 2.24) is 4.98 Å². The van der Waals surface area contributed by atoms with Crippen LogP contribution in [0.1, 0.15) is 19.4 Å². The molecule has 0 unspecified atom stereocenters. The van der Waals surface area contributed by atoms with Crippen LogP contribution in [0.25, 0.3) is 0 Å². The zero-order valence-electron chi connectivity index (χ0n) is 17.5. The first-order chi connectivity index (χ1) is 14.5. The van der Waals surface area contributed by atoms with Gasteiger partial charge < -0.3 is 9.64 Å². The van der Waals surface area contributed by atoms with Gasteiger partial charge in [0.25, 0.3) is 10.0 Å². The fourth-order valence-corrected chi connectivity index (χ4v) is 4.60. The van der Waals surface area contributed by atoms with Crippen LogP contribution in [0, 0.1) is 0 Å². The van der Waals surface area contributed by atoms with Crippen LogP contribution in [0.4, 0.5) is 11.5 Å². The molecule has 0 saturated heterocycles. The van der Waals surface area contributed by atoms with Crippen LogP contribution in [-0.4, -0.2) is 33.6 Å². The minimum Gasteiger partial charge on any atom is -0.494 e. The van der Waals surface area contributed by atoms with Crippen molar-refractivity contribution >= 4 is 21.5 Å². The monoisotopic (exact) mass is 425 g/mol. The molecule has 0 bridgehead atoms. The lowest BCUT2D eigenvalue weighted by Gasteiger charge is -2.23. The number of benzene rings is 2. The Morgan fingerprint density at radius 3 is 2.20 bits per heavy atom. The van der Waals surface area contributed by atoms with Crippen LogP contribution in [0.5, 0.6) is 5.75 Å². The highest BCUT2D eigenvalue weighted by molar-refractivity contribution is 7.92. The molecule has 3 aromatic rings. The topological polar surface area (TPSA) is 62.7 Å². The zero-order valence-corrected chi connectivity index (χ0v) is 18.3. The normalized spacial score (nSPS) is 11.2. The average molecular weight is 426 g/mol. The van der Waals surface area contributed by atoms with Gasteiger partial charge in [-0.25, -0.2) is 13.4 Å². The van der Waals surface area contributed by atoms with E-state index < -0.39 is 10.0 Å². The van der Waals surface area contributed by atoms with Crippen LogP contribution >= 0.6 is 0 Å². The summed E-state index contributed by atoms with van der Waals surface area (Å²) in [5, 5.41) is 0. The van der Waals surface area contributed by atoms with E-state index in [1.807, 2.05) is 68.3 Å². The highest BCUT2D eigenvalue weighted by atomic mass is 32.2. The first kappa shape index (κ1) is 21.6. The number of anilines is 2. The van der Waals surface area contributed by atoms with E-state index in [1.54, 1.807) is 24.3 Å². The van der Waals surface area contributed by atoms with E-state index in [1.165, 1.54) is 10.5 Å². The van der Waals surface area contributed by atoms with Gasteiger partial charge in [-0.1, -0.05) is 30.3 Å². The summed E-state index contributed by atoms with van der Waals surface area (Å²) in [6, 6.07) is 20.3. The van der Waals surface area contributed by atoms with Crippen molar-refractivity contribution in [2.45, 2.75) is 25.3 Å². The van der Waals surface area contributed by atoms with Crippen molar-refractivity contribution in [3.63, 3.8) is 0 Å². The summed E-state index contributed by atoms with van der Waals surface area (Å²) < 4.78 is 33.0. The number of sulfonamides is 1. The predicted octanol–water partition coefficient (Wildman–Crippen LogP) is 4.33. The lowest BCUT2D eigenvalue weighted by atomic mass is 10.2. The summed E-state index contributed by atoms with van der Waals surface area (Å²) in [5.74, 6) is 1.54. The number of rotatable bonds is 9. The second kappa shape index (κ2) is 9.63. The SMILES string of the molecule is CCOc1ccc(CN(C)c2ccc(S(=O)(=O)N(CC)c3ccccc3)cn2)cc1. The van der Waals surface area contributed by atoms with E-state index in [-0.39, 0.29) is 4.90 Å². The Balaban J connectivity index is 1.74. The number of ether oxygens (including phenoxy) is 1. The molecule has 2 aromatic carbocycles. The molecule has 0 radical (unpaired) electrons. The summed E-state index contributed by atoms with van der Waals surface area (Å²) in [6.45, 7) is 5.40. The summed E-state index contributed by atoms with van der Waals surface area (Å²) in [4.78, 5) is 6.54. The zero-order chi connectivity index (χ0) is 21.6. The molecule has 0 aliphatic carbocycles. The number of para-hydroxylation sites is 1. The molecule has 0 amide bonds. The van der Waals surface area contributed by atoms with Crippen molar-refractivity contribution in [1.29, 1.82) is 0 Å². The highest BCUT2D eigenvalue weighted by Crippen LogP contribution is 2.24. The summed E-state index contributed by atoms with van der Waals surface area (Å²) in [5.41, 5.74) is 1.75. The third kappa shape index (κ3) is 4.91. The lowest BCUT2D eigenvalue weighted by molar-refractivity contribution is 0.340. The van der Waals surface area contributed by atoms with E-state index in [0.29, 0.717) is 31.2 Å². The molecule has 7 heteroatoms. The van der Waals surface area contributed by atoms with Crippen LogP contribution in [-0.2, 0) is 16.6 Å². The Labute approximate surface area is 178 Å². The molecule has 0 saturated carbocycles. The minimum absolute atomic E-state index is 0.173. The predicted molar refractivity (Wildman–Crippen MR) is 121 cm³/mol. The number of nitrogens with zero attached hydrogens (tertiary/aromatic N) is 3. The van der Waals surface area contributed by atoms with Crippen molar-refractivity contribution in [2.24, 2.45) is 0 Å². The Morgan fingerprint density at radius 2 is 1.63 bits per heavy atom. The maximum Gasteiger partial charge on any atom is 0.265 e. The third-order valence-electron chi connectivity index (χ3n) is 4.69. The molecule has 158 valence electrons. The number of hydrogen-bond donors (Lipinski definition) is 0. The molecular weight excluding hydrogens is 398 g/mol. The Hall–Kier alpha value is -3.06. The summed E-state index contributed by atoms with van der Waals surface area (Å²) in [7, 11) is -1.75. The molecule has 0 atom stereocenters. The molecule has 1 aromatic heterocycles. The average Bonchev–Trinajstić information content (AvgIpc) is 2.76. The van der Waals surface area contributed by atoms with Gasteiger partial charge in [0.2, 0.25) is 0 Å². The van der Waals surface area contributed by atoms with Crippen molar-refractivity contribution in [2.75, 3.05) is 29.4 Å².